The van der Waals surface area contributed by atoms with Crippen LogP contribution in [0.5, 0.6) is 0 Å². The fraction of sp³-hybridized carbons (Fsp3) is 0.342. The zero-order valence-electron chi connectivity index (χ0n) is 26.7. The van der Waals surface area contributed by atoms with E-state index in [2.05, 4.69) is 0 Å². The first kappa shape index (κ1) is 35.3. The van der Waals surface area contributed by atoms with E-state index in [1.54, 1.807) is 30.3 Å². The van der Waals surface area contributed by atoms with E-state index in [9.17, 15) is 9.90 Å². The monoisotopic (exact) mass is 662 g/mol. The highest BCUT2D eigenvalue weighted by molar-refractivity contribution is 5.79. The van der Waals surface area contributed by atoms with E-state index in [0.29, 0.717) is 5.56 Å². The minimum atomic E-state index is -4.58. The Hall–Kier alpha value is -4.03. The van der Waals surface area contributed by atoms with Gasteiger partial charge in [0.05, 0.1) is 39.6 Å². The van der Waals surface area contributed by atoms with Crippen molar-refractivity contribution in [2.45, 2.75) is 69.5 Å². The van der Waals surface area contributed by atoms with Crippen LogP contribution in [0.2, 0.25) is 0 Å². The van der Waals surface area contributed by atoms with Gasteiger partial charge in [0.15, 0.2) is 0 Å². The molecule has 48 heavy (non-hydrogen) atoms. The third-order valence-corrected chi connectivity index (χ3v) is 7.92. The second-order valence-corrected chi connectivity index (χ2v) is 11.4. The Labute approximate surface area is 279 Å². The van der Waals surface area contributed by atoms with Gasteiger partial charge in [-0.3, -0.25) is 0 Å². The van der Waals surface area contributed by atoms with E-state index in [4.69, 9.17) is 28.4 Å². The molecule has 1 saturated heterocycles. The summed E-state index contributed by atoms with van der Waals surface area (Å²) in [6.45, 7) is 0.702. The molecule has 1 aliphatic rings. The zero-order valence-corrected chi connectivity index (χ0v) is 26.7. The van der Waals surface area contributed by atoms with Crippen LogP contribution in [0.1, 0.15) is 29.2 Å². The van der Waals surface area contributed by atoms with Crippen molar-refractivity contribution in [2.75, 3.05) is 13.2 Å². The molecule has 4 aromatic rings. The number of carbonyl (C=O) groups is 1. The molecular weight excluding hydrogens is 622 g/mol. The lowest BCUT2D eigenvalue weighted by atomic mass is 9.87. The number of ether oxygens (including phenoxy) is 6. The van der Waals surface area contributed by atoms with Gasteiger partial charge in [0.2, 0.25) is 0 Å². The highest BCUT2D eigenvalue weighted by Gasteiger charge is 2.72. The lowest BCUT2D eigenvalue weighted by Crippen LogP contribution is -2.74. The quantitative estimate of drug-likeness (QED) is 0.141. The number of esters is 1. The summed E-state index contributed by atoms with van der Waals surface area (Å²) in [4.78, 5) is 12.8. The number of hydrogen-bond donors (Lipinski definition) is 1. The van der Waals surface area contributed by atoms with Crippen LogP contribution in [0.15, 0.2) is 121 Å². The molecule has 1 fully saturated rings. The molecule has 0 spiro atoms. The first-order valence-corrected chi connectivity index (χ1v) is 15.8. The van der Waals surface area contributed by atoms with Crippen LogP contribution >= 0.6 is 0 Å². The lowest BCUT2D eigenvalue weighted by Gasteiger charge is -2.51. The van der Waals surface area contributed by atoms with Crippen LogP contribution in [-0.4, -0.2) is 60.4 Å². The van der Waals surface area contributed by atoms with E-state index >= 15 is 8.78 Å². The summed E-state index contributed by atoms with van der Waals surface area (Å²) in [7, 11) is 0. The van der Waals surface area contributed by atoms with Gasteiger partial charge in [0, 0.05) is 0 Å². The van der Waals surface area contributed by atoms with E-state index in [-0.39, 0.29) is 39.6 Å². The number of benzene rings is 4. The second kappa shape index (κ2) is 16.9. The predicted octanol–water partition coefficient (Wildman–Crippen LogP) is 6.25. The Kier molecular flexibility index (Phi) is 12.4. The topological polar surface area (TPSA) is 92.7 Å². The van der Waals surface area contributed by atoms with Crippen molar-refractivity contribution in [2.24, 2.45) is 0 Å². The Morgan fingerprint density at radius 1 is 0.688 bits per heavy atom. The molecule has 1 N–H and O–H groups in total. The molecule has 1 aliphatic heterocycles. The van der Waals surface area contributed by atoms with Crippen LogP contribution in [0, 0.1) is 0 Å². The van der Waals surface area contributed by atoms with Crippen molar-refractivity contribution in [3.05, 3.63) is 144 Å². The third-order valence-electron chi connectivity index (χ3n) is 7.92. The van der Waals surface area contributed by atoms with E-state index in [1.165, 1.54) is 6.92 Å². The molecule has 254 valence electrons. The van der Waals surface area contributed by atoms with Crippen LogP contribution < -0.4 is 0 Å². The normalized spacial score (nSPS) is 22.7. The molecule has 0 aliphatic carbocycles. The maximum atomic E-state index is 16.3. The average molecular weight is 663 g/mol. The predicted molar refractivity (Wildman–Crippen MR) is 173 cm³/mol. The van der Waals surface area contributed by atoms with Crippen molar-refractivity contribution in [1.82, 2.24) is 0 Å². The Balaban J connectivity index is 1.54. The van der Waals surface area contributed by atoms with Gasteiger partial charge in [-0.2, -0.15) is 8.78 Å². The Morgan fingerprint density at radius 2 is 1.10 bits per heavy atom. The zero-order chi connectivity index (χ0) is 33.8. The van der Waals surface area contributed by atoms with Crippen LogP contribution in [0.4, 0.5) is 8.78 Å². The standard InChI is InChI=1S/C38H40F2O8/c1-2-44-36(41)37(39,40)38(42)35(47-26-31-21-13-6-14-22-31)34(46-25-30-19-11-5-12-20-30)33(45-24-29-17-9-4-10-18-29)32(48-38)27-43-23-28-15-7-3-8-16-28/h3-22,32-35,42H,2,23-27H2,1H3/t32-,33-,34+,35-,38-/m1/s1. The van der Waals surface area contributed by atoms with Gasteiger partial charge in [-0.1, -0.05) is 121 Å². The van der Waals surface area contributed by atoms with E-state index in [0.717, 1.165) is 16.7 Å². The van der Waals surface area contributed by atoms with Gasteiger partial charge in [0.25, 0.3) is 5.79 Å². The number of hydrogen-bond acceptors (Lipinski definition) is 8. The van der Waals surface area contributed by atoms with Gasteiger partial charge in [-0.15, -0.1) is 0 Å². The fourth-order valence-corrected chi connectivity index (χ4v) is 5.47. The molecule has 4 aromatic carbocycles. The number of rotatable bonds is 16. The minimum Gasteiger partial charge on any atom is -0.461 e. The summed E-state index contributed by atoms with van der Waals surface area (Å²) in [5, 5.41) is 12.0. The fourth-order valence-electron chi connectivity index (χ4n) is 5.47. The van der Waals surface area contributed by atoms with Crippen molar-refractivity contribution in [3.8, 4) is 0 Å². The molecule has 5 rings (SSSR count). The van der Waals surface area contributed by atoms with Crippen LogP contribution in [-0.2, 0) is 59.6 Å². The van der Waals surface area contributed by atoms with E-state index < -0.39 is 42.1 Å². The summed E-state index contributed by atoms with van der Waals surface area (Å²) in [5.41, 5.74) is 3.02. The number of aliphatic hydroxyl groups is 1. The lowest BCUT2D eigenvalue weighted by molar-refractivity contribution is -0.417. The van der Waals surface area contributed by atoms with Crippen molar-refractivity contribution in [1.29, 1.82) is 0 Å². The summed E-state index contributed by atoms with van der Waals surface area (Å²) < 4.78 is 67.9. The molecule has 8 nitrogen and oxygen atoms in total. The molecule has 0 saturated carbocycles. The summed E-state index contributed by atoms with van der Waals surface area (Å²) >= 11 is 0. The molecule has 0 bridgehead atoms. The number of alkyl halides is 2. The highest BCUT2D eigenvalue weighted by Crippen LogP contribution is 2.44. The van der Waals surface area contributed by atoms with Crippen LogP contribution in [0.25, 0.3) is 0 Å². The number of halogens is 2. The SMILES string of the molecule is CCOC(=O)C(F)(F)[C@]1(O)O[C@H](COCc2ccccc2)[C@@H](OCc2ccccc2)[C@H](OCc2ccccc2)[C@H]1OCc1ccccc1. The number of carbonyl (C=O) groups excluding carboxylic acids is 1. The molecule has 10 heteroatoms. The third kappa shape index (κ3) is 8.70. The molecular formula is C38H40F2O8. The first-order valence-electron chi connectivity index (χ1n) is 15.8. The van der Waals surface area contributed by atoms with Crippen molar-refractivity contribution >= 4 is 5.97 Å². The van der Waals surface area contributed by atoms with Gasteiger partial charge in [0.1, 0.15) is 24.4 Å². The van der Waals surface area contributed by atoms with Gasteiger partial charge < -0.3 is 33.5 Å². The molecule has 0 amide bonds. The van der Waals surface area contributed by atoms with Gasteiger partial charge in [-0.25, -0.2) is 4.79 Å². The highest BCUT2D eigenvalue weighted by atomic mass is 19.3. The van der Waals surface area contributed by atoms with Gasteiger partial charge >= 0.3 is 11.9 Å². The molecule has 0 radical (unpaired) electrons. The van der Waals surface area contributed by atoms with Gasteiger partial charge in [-0.05, 0) is 29.2 Å². The first-order chi connectivity index (χ1) is 23.3. The van der Waals surface area contributed by atoms with E-state index in [1.807, 2.05) is 91.0 Å². The van der Waals surface area contributed by atoms with Crippen molar-refractivity contribution in [3.63, 3.8) is 0 Å². The maximum absolute atomic E-state index is 16.3. The largest absolute Gasteiger partial charge is 0.461 e. The molecule has 0 unspecified atom stereocenters. The Morgan fingerprint density at radius 3 is 1.56 bits per heavy atom. The maximum Gasteiger partial charge on any atom is 0.397 e. The summed E-state index contributed by atoms with van der Waals surface area (Å²) in [6, 6.07) is 36.5. The summed E-state index contributed by atoms with van der Waals surface area (Å²) in [6.07, 6.45) is -5.72. The molecule has 5 atom stereocenters. The Bertz CT molecular complexity index is 1530. The van der Waals surface area contributed by atoms with Crippen LogP contribution in [0.3, 0.4) is 0 Å². The molecule has 0 aromatic heterocycles. The molecule has 1 heterocycles. The average Bonchev–Trinajstić information content (AvgIpc) is 3.11. The van der Waals surface area contributed by atoms with Crippen molar-refractivity contribution < 1.29 is 47.1 Å². The smallest absolute Gasteiger partial charge is 0.397 e. The minimum absolute atomic E-state index is 0.0411. The summed E-state index contributed by atoms with van der Waals surface area (Å²) in [5.74, 6) is -10.1. The second-order valence-electron chi connectivity index (χ2n) is 11.4.